The van der Waals surface area contributed by atoms with Crippen LogP contribution in [-0.4, -0.2) is 18.7 Å². The second-order valence-corrected chi connectivity index (χ2v) is 5.32. The molecular formula is C13H18N4O2. The molecule has 102 valence electrons. The van der Waals surface area contributed by atoms with Crippen LogP contribution in [0.4, 0.5) is 0 Å². The van der Waals surface area contributed by atoms with Crippen molar-refractivity contribution in [1.82, 2.24) is 18.7 Å². The Morgan fingerprint density at radius 1 is 1.11 bits per heavy atom. The average Bonchev–Trinajstić information content (AvgIpc) is 2.88. The first-order chi connectivity index (χ1) is 9.11. The van der Waals surface area contributed by atoms with Crippen LogP contribution < -0.4 is 11.2 Å². The molecule has 0 atom stereocenters. The third-order valence-corrected chi connectivity index (χ3v) is 4.14. The minimum absolute atomic E-state index is 0.249. The summed E-state index contributed by atoms with van der Waals surface area (Å²) in [4.78, 5) is 28.4. The zero-order chi connectivity index (χ0) is 13.6. The van der Waals surface area contributed by atoms with Gasteiger partial charge in [-0.1, -0.05) is 19.3 Å². The average molecular weight is 262 g/mol. The van der Waals surface area contributed by atoms with Gasteiger partial charge < -0.3 is 4.57 Å². The Morgan fingerprint density at radius 3 is 2.47 bits per heavy atom. The molecular weight excluding hydrogens is 244 g/mol. The highest BCUT2D eigenvalue weighted by Gasteiger charge is 2.21. The zero-order valence-corrected chi connectivity index (χ0v) is 11.3. The van der Waals surface area contributed by atoms with Crippen molar-refractivity contribution >= 4 is 11.2 Å². The Kier molecular flexibility index (Phi) is 2.80. The summed E-state index contributed by atoms with van der Waals surface area (Å²) in [5.41, 5.74) is 0.461. The van der Waals surface area contributed by atoms with E-state index in [1.807, 2.05) is 4.57 Å². The molecule has 0 aliphatic heterocycles. The maximum Gasteiger partial charge on any atom is 0.332 e. The molecule has 3 rings (SSSR count). The van der Waals surface area contributed by atoms with E-state index in [9.17, 15) is 9.59 Å². The second kappa shape index (κ2) is 4.36. The van der Waals surface area contributed by atoms with E-state index < -0.39 is 0 Å². The fraction of sp³-hybridized carbons (Fsp3) is 0.615. The van der Waals surface area contributed by atoms with E-state index in [1.54, 1.807) is 13.4 Å². The quantitative estimate of drug-likeness (QED) is 0.768. The summed E-state index contributed by atoms with van der Waals surface area (Å²) in [6.45, 7) is 0. The van der Waals surface area contributed by atoms with Crippen LogP contribution in [0.2, 0.25) is 0 Å². The number of imidazole rings is 1. The Hall–Kier alpha value is -1.85. The lowest BCUT2D eigenvalue weighted by atomic mass is 9.95. The molecule has 0 radical (unpaired) electrons. The second-order valence-electron chi connectivity index (χ2n) is 5.32. The van der Waals surface area contributed by atoms with Crippen LogP contribution in [0, 0.1) is 0 Å². The van der Waals surface area contributed by atoms with Crippen LogP contribution in [0.5, 0.6) is 0 Å². The highest BCUT2D eigenvalue weighted by Crippen LogP contribution is 2.29. The molecule has 1 aliphatic carbocycles. The monoisotopic (exact) mass is 262 g/mol. The molecule has 1 saturated carbocycles. The van der Waals surface area contributed by atoms with Crippen molar-refractivity contribution in [1.29, 1.82) is 0 Å². The summed E-state index contributed by atoms with van der Waals surface area (Å²) in [6.07, 6.45) is 7.52. The Labute approximate surface area is 110 Å². The number of rotatable bonds is 1. The molecule has 2 aromatic rings. The fourth-order valence-corrected chi connectivity index (χ4v) is 3.00. The molecule has 0 saturated heterocycles. The van der Waals surface area contributed by atoms with Crippen molar-refractivity contribution in [3.8, 4) is 0 Å². The van der Waals surface area contributed by atoms with Gasteiger partial charge in [0, 0.05) is 20.1 Å². The van der Waals surface area contributed by atoms with Crippen LogP contribution in [-0.2, 0) is 14.1 Å². The number of fused-ring (bicyclic) bond motifs is 1. The summed E-state index contributed by atoms with van der Waals surface area (Å²) in [7, 11) is 3.17. The van der Waals surface area contributed by atoms with Gasteiger partial charge in [-0.25, -0.2) is 9.78 Å². The van der Waals surface area contributed by atoms with Crippen molar-refractivity contribution in [2.75, 3.05) is 0 Å². The Morgan fingerprint density at radius 2 is 1.79 bits per heavy atom. The summed E-state index contributed by atoms with van der Waals surface area (Å²) in [5, 5.41) is 0. The van der Waals surface area contributed by atoms with Crippen molar-refractivity contribution in [3.63, 3.8) is 0 Å². The minimum Gasteiger partial charge on any atom is -0.322 e. The third kappa shape index (κ3) is 1.74. The van der Waals surface area contributed by atoms with Crippen molar-refractivity contribution in [3.05, 3.63) is 27.2 Å². The van der Waals surface area contributed by atoms with Crippen LogP contribution in [0.3, 0.4) is 0 Å². The minimum atomic E-state index is -0.327. The maximum absolute atomic E-state index is 12.3. The largest absolute Gasteiger partial charge is 0.332 e. The molecule has 0 unspecified atom stereocenters. The molecule has 6 heteroatoms. The van der Waals surface area contributed by atoms with Gasteiger partial charge in [-0.2, -0.15) is 0 Å². The van der Waals surface area contributed by atoms with E-state index in [0.29, 0.717) is 17.2 Å². The molecule has 1 aliphatic rings. The molecule has 0 spiro atoms. The van der Waals surface area contributed by atoms with Crippen LogP contribution >= 0.6 is 0 Å². The van der Waals surface area contributed by atoms with E-state index in [-0.39, 0.29) is 11.2 Å². The Bertz CT molecular complexity index is 731. The van der Waals surface area contributed by atoms with Crippen molar-refractivity contribution in [2.24, 2.45) is 14.1 Å². The Balaban J connectivity index is 2.28. The van der Waals surface area contributed by atoms with Gasteiger partial charge in [-0.05, 0) is 12.8 Å². The van der Waals surface area contributed by atoms with Crippen molar-refractivity contribution < 1.29 is 0 Å². The fourth-order valence-electron chi connectivity index (χ4n) is 3.00. The van der Waals surface area contributed by atoms with Gasteiger partial charge in [0.05, 0.1) is 6.33 Å². The first-order valence-electron chi connectivity index (χ1n) is 6.74. The van der Waals surface area contributed by atoms with Gasteiger partial charge >= 0.3 is 5.69 Å². The first-order valence-corrected chi connectivity index (χ1v) is 6.74. The third-order valence-electron chi connectivity index (χ3n) is 4.14. The van der Waals surface area contributed by atoms with Gasteiger partial charge in [0.1, 0.15) is 0 Å². The van der Waals surface area contributed by atoms with Crippen molar-refractivity contribution in [2.45, 2.75) is 38.1 Å². The number of hydrogen-bond acceptors (Lipinski definition) is 3. The molecule has 2 aromatic heterocycles. The van der Waals surface area contributed by atoms with Crippen LogP contribution in [0.1, 0.15) is 38.1 Å². The molecule has 6 nitrogen and oxygen atoms in total. The lowest BCUT2D eigenvalue weighted by Gasteiger charge is -2.23. The van der Waals surface area contributed by atoms with Gasteiger partial charge in [-0.3, -0.25) is 13.9 Å². The summed E-state index contributed by atoms with van der Waals surface area (Å²) >= 11 is 0. The van der Waals surface area contributed by atoms with Gasteiger partial charge in [-0.15, -0.1) is 0 Å². The summed E-state index contributed by atoms with van der Waals surface area (Å²) < 4.78 is 4.57. The number of aromatic nitrogens is 4. The van der Waals surface area contributed by atoms with E-state index in [4.69, 9.17) is 0 Å². The smallest absolute Gasteiger partial charge is 0.322 e. The molecule has 0 aromatic carbocycles. The van der Waals surface area contributed by atoms with Crippen LogP contribution in [0.25, 0.3) is 11.2 Å². The SMILES string of the molecule is Cn1c(=O)c2c(ncn2C2CCCCC2)n(C)c1=O. The predicted molar refractivity (Wildman–Crippen MR) is 72.3 cm³/mol. The van der Waals surface area contributed by atoms with Gasteiger partial charge in [0.15, 0.2) is 11.2 Å². The van der Waals surface area contributed by atoms with E-state index in [0.717, 1.165) is 17.4 Å². The normalized spacial score (nSPS) is 17.2. The molecule has 0 bridgehead atoms. The standard InChI is InChI=1S/C13H18N4O2/c1-15-11-10(12(18)16(2)13(15)19)17(8-14-11)9-6-4-3-5-7-9/h8-9H,3-7H2,1-2H3. The number of hydrogen-bond donors (Lipinski definition) is 0. The van der Waals surface area contributed by atoms with Gasteiger partial charge in [0.25, 0.3) is 5.56 Å². The number of aryl methyl sites for hydroxylation is 1. The highest BCUT2D eigenvalue weighted by atomic mass is 16.2. The molecule has 19 heavy (non-hydrogen) atoms. The molecule has 1 fully saturated rings. The molecule has 0 amide bonds. The summed E-state index contributed by atoms with van der Waals surface area (Å²) in [6, 6.07) is 0.337. The van der Waals surface area contributed by atoms with Gasteiger partial charge in [0.2, 0.25) is 0 Å². The van der Waals surface area contributed by atoms with E-state index in [1.165, 1.54) is 30.9 Å². The molecule has 0 N–H and O–H groups in total. The van der Waals surface area contributed by atoms with Crippen LogP contribution in [0.15, 0.2) is 15.9 Å². The maximum atomic E-state index is 12.3. The summed E-state index contributed by atoms with van der Waals surface area (Å²) in [5.74, 6) is 0. The topological polar surface area (TPSA) is 61.8 Å². The number of nitrogens with zero attached hydrogens (tertiary/aromatic N) is 4. The lowest BCUT2D eigenvalue weighted by molar-refractivity contribution is 0.359. The highest BCUT2D eigenvalue weighted by molar-refractivity contribution is 5.70. The first kappa shape index (κ1) is 12.2. The van der Waals surface area contributed by atoms with E-state index >= 15 is 0 Å². The van der Waals surface area contributed by atoms with E-state index in [2.05, 4.69) is 4.98 Å². The molecule has 2 heterocycles. The zero-order valence-electron chi connectivity index (χ0n) is 11.3. The predicted octanol–water partition coefficient (Wildman–Crippen LogP) is 0.939. The lowest BCUT2D eigenvalue weighted by Crippen LogP contribution is -2.37.